The second-order valence-corrected chi connectivity index (χ2v) is 6.29. The second kappa shape index (κ2) is 6.98. The zero-order valence-corrected chi connectivity index (χ0v) is 13.0. The number of hydrogen-bond acceptors (Lipinski definition) is 5. The van der Waals surface area contributed by atoms with E-state index in [4.69, 9.17) is 10.6 Å². The van der Waals surface area contributed by atoms with Crippen molar-refractivity contribution in [2.75, 3.05) is 26.2 Å². The second-order valence-electron chi connectivity index (χ2n) is 4.49. The molecule has 1 aliphatic heterocycles. The van der Waals surface area contributed by atoms with Gasteiger partial charge in [-0.15, -0.1) is 11.3 Å². The lowest BCUT2D eigenvalue weighted by Crippen LogP contribution is -2.49. The van der Waals surface area contributed by atoms with Gasteiger partial charge in [0.2, 0.25) is 0 Å². The standard InChI is InChI=1S/C12H20BrN3OS/c1-2-4-16-5-6-17-10(8-16)11(15-14)12-9(13)3-7-18-12/h3,7,10-11,15H,2,4-6,8,14H2,1H3. The minimum atomic E-state index is 0.0547. The molecule has 2 unspecified atom stereocenters. The average molecular weight is 334 g/mol. The van der Waals surface area contributed by atoms with Crippen LogP contribution in [0.25, 0.3) is 0 Å². The number of nitrogens with one attached hydrogen (secondary N) is 1. The number of halogens is 1. The van der Waals surface area contributed by atoms with Gasteiger partial charge in [0.05, 0.1) is 18.8 Å². The van der Waals surface area contributed by atoms with E-state index in [1.54, 1.807) is 11.3 Å². The number of morpholine rings is 1. The monoisotopic (exact) mass is 333 g/mol. The summed E-state index contributed by atoms with van der Waals surface area (Å²) in [5, 5.41) is 2.07. The van der Waals surface area contributed by atoms with Crippen molar-refractivity contribution in [3.8, 4) is 0 Å². The van der Waals surface area contributed by atoms with Crippen LogP contribution in [-0.2, 0) is 4.74 Å². The molecule has 0 aliphatic carbocycles. The largest absolute Gasteiger partial charge is 0.373 e. The first-order chi connectivity index (χ1) is 8.76. The molecule has 4 nitrogen and oxygen atoms in total. The van der Waals surface area contributed by atoms with Gasteiger partial charge >= 0.3 is 0 Å². The first kappa shape index (κ1) is 14.4. The smallest absolute Gasteiger partial charge is 0.0918 e. The van der Waals surface area contributed by atoms with Gasteiger partial charge in [-0.1, -0.05) is 6.92 Å². The number of thiophene rings is 1. The van der Waals surface area contributed by atoms with Crippen molar-refractivity contribution in [3.63, 3.8) is 0 Å². The molecule has 2 rings (SSSR count). The lowest BCUT2D eigenvalue weighted by Gasteiger charge is -2.36. The maximum absolute atomic E-state index is 5.89. The Morgan fingerprint density at radius 2 is 2.56 bits per heavy atom. The van der Waals surface area contributed by atoms with E-state index in [0.717, 1.165) is 30.7 Å². The van der Waals surface area contributed by atoms with Crippen LogP contribution in [0.5, 0.6) is 0 Å². The molecule has 0 spiro atoms. The quantitative estimate of drug-likeness (QED) is 0.640. The Morgan fingerprint density at radius 1 is 1.72 bits per heavy atom. The van der Waals surface area contributed by atoms with Gasteiger partial charge in [-0.25, -0.2) is 5.43 Å². The molecule has 6 heteroatoms. The van der Waals surface area contributed by atoms with Crippen LogP contribution in [0.2, 0.25) is 0 Å². The van der Waals surface area contributed by atoms with Crippen LogP contribution >= 0.6 is 27.3 Å². The highest BCUT2D eigenvalue weighted by Crippen LogP contribution is 2.32. The van der Waals surface area contributed by atoms with Gasteiger partial charge < -0.3 is 4.74 Å². The minimum absolute atomic E-state index is 0.0547. The molecular formula is C12H20BrN3OS. The molecule has 18 heavy (non-hydrogen) atoms. The van der Waals surface area contributed by atoms with Crippen LogP contribution in [0.3, 0.4) is 0 Å². The van der Waals surface area contributed by atoms with E-state index in [0.29, 0.717) is 0 Å². The third kappa shape index (κ3) is 3.31. The Bertz CT molecular complexity index is 372. The van der Waals surface area contributed by atoms with E-state index in [2.05, 4.69) is 44.6 Å². The highest BCUT2D eigenvalue weighted by atomic mass is 79.9. The zero-order valence-electron chi connectivity index (χ0n) is 10.6. The van der Waals surface area contributed by atoms with Crippen molar-refractivity contribution in [2.24, 2.45) is 5.84 Å². The number of hydrogen-bond donors (Lipinski definition) is 2. The van der Waals surface area contributed by atoms with Crippen LogP contribution < -0.4 is 11.3 Å². The van der Waals surface area contributed by atoms with Crippen molar-refractivity contribution >= 4 is 27.3 Å². The predicted molar refractivity (Wildman–Crippen MR) is 78.6 cm³/mol. The summed E-state index contributed by atoms with van der Waals surface area (Å²) in [6.07, 6.45) is 1.29. The van der Waals surface area contributed by atoms with Gasteiger partial charge in [-0.05, 0) is 40.3 Å². The number of hydrazine groups is 1. The van der Waals surface area contributed by atoms with E-state index in [1.165, 1.54) is 11.3 Å². The molecule has 1 saturated heterocycles. The van der Waals surface area contributed by atoms with Gasteiger partial charge in [-0.3, -0.25) is 10.7 Å². The third-order valence-corrected chi connectivity index (χ3v) is 5.15. The molecule has 0 aromatic carbocycles. The summed E-state index contributed by atoms with van der Waals surface area (Å²) >= 11 is 5.27. The Kier molecular flexibility index (Phi) is 5.59. The molecule has 2 heterocycles. The van der Waals surface area contributed by atoms with Gasteiger partial charge in [0.1, 0.15) is 0 Å². The van der Waals surface area contributed by atoms with E-state index < -0.39 is 0 Å². The maximum Gasteiger partial charge on any atom is 0.0918 e. The number of nitrogens with zero attached hydrogens (tertiary/aromatic N) is 1. The highest BCUT2D eigenvalue weighted by Gasteiger charge is 2.30. The number of ether oxygens (including phenoxy) is 1. The first-order valence-corrected chi connectivity index (χ1v) is 7.96. The van der Waals surface area contributed by atoms with Gasteiger partial charge in [0, 0.05) is 22.4 Å². The molecule has 1 aromatic heterocycles. The molecule has 0 amide bonds. The molecule has 102 valence electrons. The molecule has 1 fully saturated rings. The van der Waals surface area contributed by atoms with Crippen LogP contribution in [0, 0.1) is 0 Å². The van der Waals surface area contributed by atoms with Crippen molar-refractivity contribution in [1.29, 1.82) is 0 Å². The molecule has 0 radical (unpaired) electrons. The summed E-state index contributed by atoms with van der Waals surface area (Å²) in [6.45, 7) is 6.08. The van der Waals surface area contributed by atoms with E-state index in [9.17, 15) is 0 Å². The molecule has 1 aliphatic rings. The van der Waals surface area contributed by atoms with E-state index >= 15 is 0 Å². The topological polar surface area (TPSA) is 50.5 Å². The Labute approximate surface area is 121 Å². The summed E-state index contributed by atoms with van der Waals surface area (Å²) in [5.41, 5.74) is 2.91. The van der Waals surface area contributed by atoms with E-state index in [-0.39, 0.29) is 12.1 Å². The van der Waals surface area contributed by atoms with E-state index in [1.807, 2.05) is 0 Å². The summed E-state index contributed by atoms with van der Waals surface area (Å²) < 4.78 is 6.99. The van der Waals surface area contributed by atoms with Crippen molar-refractivity contribution in [2.45, 2.75) is 25.5 Å². The van der Waals surface area contributed by atoms with Crippen molar-refractivity contribution < 1.29 is 4.74 Å². The van der Waals surface area contributed by atoms with Crippen LogP contribution in [0.1, 0.15) is 24.3 Å². The van der Waals surface area contributed by atoms with Crippen molar-refractivity contribution in [3.05, 3.63) is 20.8 Å². The van der Waals surface area contributed by atoms with Gasteiger partial charge in [0.15, 0.2) is 0 Å². The van der Waals surface area contributed by atoms with Crippen LogP contribution in [0.4, 0.5) is 0 Å². The third-order valence-electron chi connectivity index (χ3n) is 3.20. The molecule has 3 N–H and O–H groups in total. The minimum Gasteiger partial charge on any atom is -0.373 e. The summed E-state index contributed by atoms with van der Waals surface area (Å²) in [6, 6.07) is 2.11. The Morgan fingerprint density at radius 3 is 3.17 bits per heavy atom. The lowest BCUT2D eigenvalue weighted by molar-refractivity contribution is -0.0466. The van der Waals surface area contributed by atoms with Crippen LogP contribution in [0.15, 0.2) is 15.9 Å². The fraction of sp³-hybridized carbons (Fsp3) is 0.667. The molecule has 2 atom stereocenters. The molecule has 0 bridgehead atoms. The average Bonchev–Trinajstić information content (AvgIpc) is 2.78. The molecule has 0 saturated carbocycles. The Balaban J connectivity index is 2.06. The lowest BCUT2D eigenvalue weighted by atomic mass is 10.1. The van der Waals surface area contributed by atoms with Crippen LogP contribution in [-0.4, -0.2) is 37.2 Å². The summed E-state index contributed by atoms with van der Waals surface area (Å²) in [7, 11) is 0. The first-order valence-electron chi connectivity index (χ1n) is 6.29. The Hall–Kier alpha value is 0.0200. The number of nitrogens with two attached hydrogens (primary N) is 1. The molecular weight excluding hydrogens is 314 g/mol. The number of rotatable bonds is 5. The van der Waals surface area contributed by atoms with Gasteiger partial charge in [0.25, 0.3) is 0 Å². The molecule has 1 aromatic rings. The maximum atomic E-state index is 5.89. The predicted octanol–water partition coefficient (Wildman–Crippen LogP) is 2.13. The zero-order chi connectivity index (χ0) is 13.0. The normalized spacial score (nSPS) is 23.2. The fourth-order valence-corrected chi connectivity index (χ4v) is 4.06. The highest BCUT2D eigenvalue weighted by molar-refractivity contribution is 9.10. The summed E-state index contributed by atoms with van der Waals surface area (Å²) in [4.78, 5) is 3.65. The SMILES string of the molecule is CCCN1CCOC(C(NN)c2sccc2Br)C1. The fourth-order valence-electron chi connectivity index (χ4n) is 2.33. The van der Waals surface area contributed by atoms with Crippen molar-refractivity contribution in [1.82, 2.24) is 10.3 Å². The summed E-state index contributed by atoms with van der Waals surface area (Å²) in [5.74, 6) is 5.72. The van der Waals surface area contributed by atoms with Gasteiger partial charge in [-0.2, -0.15) is 0 Å².